The smallest absolute Gasteiger partial charge is 0.251 e. The first-order valence-corrected chi connectivity index (χ1v) is 9.29. The van der Waals surface area contributed by atoms with Gasteiger partial charge in [-0.3, -0.25) is 9.89 Å². The van der Waals surface area contributed by atoms with Gasteiger partial charge in [0.2, 0.25) is 0 Å². The van der Waals surface area contributed by atoms with Crippen molar-refractivity contribution >= 4 is 23.1 Å². The van der Waals surface area contributed by atoms with E-state index in [1.807, 2.05) is 37.3 Å². The third kappa shape index (κ3) is 3.30. The van der Waals surface area contributed by atoms with Gasteiger partial charge in [0.15, 0.2) is 5.82 Å². The van der Waals surface area contributed by atoms with E-state index in [0.717, 1.165) is 42.1 Å². The van der Waals surface area contributed by atoms with Crippen LogP contribution >= 0.6 is 11.3 Å². The number of amides is 1. The van der Waals surface area contributed by atoms with Crippen LogP contribution in [0.15, 0.2) is 47.8 Å². The van der Waals surface area contributed by atoms with Crippen LogP contribution in [0.4, 0.5) is 5.82 Å². The lowest BCUT2D eigenvalue weighted by atomic mass is 10.1. The molecule has 1 aliphatic heterocycles. The van der Waals surface area contributed by atoms with Gasteiger partial charge in [0.1, 0.15) is 0 Å². The predicted octanol–water partition coefficient (Wildman–Crippen LogP) is 3.46. The van der Waals surface area contributed by atoms with Crippen LogP contribution in [-0.4, -0.2) is 35.2 Å². The van der Waals surface area contributed by atoms with Crippen molar-refractivity contribution in [3.05, 3.63) is 59.0 Å². The highest BCUT2D eigenvalue weighted by molar-refractivity contribution is 7.13. The number of hydrogen-bond donors (Lipinski definition) is 2. The van der Waals surface area contributed by atoms with Crippen molar-refractivity contribution < 1.29 is 4.79 Å². The number of nitrogens with one attached hydrogen (secondary N) is 2. The van der Waals surface area contributed by atoms with E-state index in [9.17, 15) is 4.79 Å². The second-order valence-corrected chi connectivity index (χ2v) is 7.28. The molecule has 0 radical (unpaired) electrons. The Labute approximate surface area is 150 Å². The molecule has 0 bridgehead atoms. The number of aryl methyl sites for hydroxylation is 1. The fourth-order valence-corrected chi connectivity index (χ4v) is 3.90. The molecule has 2 N–H and O–H groups in total. The number of aromatic amines is 1. The molecule has 2 aromatic heterocycles. The summed E-state index contributed by atoms with van der Waals surface area (Å²) in [6.07, 6.45) is 0.929. The van der Waals surface area contributed by atoms with E-state index < -0.39 is 0 Å². The minimum atomic E-state index is 0.00579. The standard InChI is InChI=1S/C19H20N4OS/c1-13-5-2-3-6-15(13)19(24)20-14-8-9-23(12-14)18-11-16(21-22-18)17-7-4-10-25-17/h2-7,10-11,14H,8-9,12H2,1H3,(H,20,24)(H,21,22)/t14-/m1/s1. The maximum Gasteiger partial charge on any atom is 0.251 e. The molecule has 1 saturated heterocycles. The van der Waals surface area contributed by atoms with Crippen LogP contribution in [-0.2, 0) is 0 Å². The van der Waals surface area contributed by atoms with Gasteiger partial charge in [0.25, 0.3) is 5.91 Å². The molecule has 128 valence electrons. The normalized spacial score (nSPS) is 17.0. The summed E-state index contributed by atoms with van der Waals surface area (Å²) < 4.78 is 0. The number of carbonyl (C=O) groups is 1. The van der Waals surface area contributed by atoms with E-state index in [4.69, 9.17) is 0 Å². The Balaban J connectivity index is 1.40. The maximum atomic E-state index is 12.5. The average Bonchev–Trinajstić information content (AvgIpc) is 3.35. The fraction of sp³-hybridized carbons (Fsp3) is 0.263. The van der Waals surface area contributed by atoms with E-state index in [0.29, 0.717) is 0 Å². The Morgan fingerprint density at radius 1 is 1.32 bits per heavy atom. The number of thiophene rings is 1. The third-order valence-electron chi connectivity index (χ3n) is 4.59. The summed E-state index contributed by atoms with van der Waals surface area (Å²) in [4.78, 5) is 15.9. The molecule has 1 aromatic carbocycles. The Kier molecular flexibility index (Phi) is 4.28. The minimum absolute atomic E-state index is 0.00579. The third-order valence-corrected chi connectivity index (χ3v) is 5.49. The van der Waals surface area contributed by atoms with Crippen molar-refractivity contribution in [3.8, 4) is 10.6 Å². The van der Waals surface area contributed by atoms with Gasteiger partial charge < -0.3 is 10.2 Å². The molecule has 0 spiro atoms. The fourth-order valence-electron chi connectivity index (χ4n) is 3.21. The maximum absolute atomic E-state index is 12.5. The molecule has 0 saturated carbocycles. The topological polar surface area (TPSA) is 61.0 Å². The minimum Gasteiger partial charge on any atom is -0.353 e. The second kappa shape index (κ2) is 6.72. The van der Waals surface area contributed by atoms with Crippen molar-refractivity contribution in [2.75, 3.05) is 18.0 Å². The van der Waals surface area contributed by atoms with Crippen LogP contribution in [0, 0.1) is 6.92 Å². The molecule has 0 unspecified atom stereocenters. The summed E-state index contributed by atoms with van der Waals surface area (Å²) in [6.45, 7) is 3.64. The summed E-state index contributed by atoms with van der Waals surface area (Å²) >= 11 is 1.69. The molecule has 25 heavy (non-hydrogen) atoms. The average molecular weight is 352 g/mol. The van der Waals surface area contributed by atoms with Gasteiger partial charge in [-0.15, -0.1) is 11.3 Å². The van der Waals surface area contributed by atoms with Crippen molar-refractivity contribution in [1.29, 1.82) is 0 Å². The molecule has 1 aliphatic rings. The molecule has 1 atom stereocenters. The van der Waals surface area contributed by atoms with Crippen LogP contribution in [0.2, 0.25) is 0 Å². The lowest BCUT2D eigenvalue weighted by Gasteiger charge is -2.16. The van der Waals surface area contributed by atoms with E-state index in [1.165, 1.54) is 4.88 Å². The zero-order chi connectivity index (χ0) is 17.2. The molecule has 3 aromatic rings. The van der Waals surface area contributed by atoms with Crippen molar-refractivity contribution in [1.82, 2.24) is 15.5 Å². The molecule has 1 fully saturated rings. The monoisotopic (exact) mass is 352 g/mol. The first-order valence-electron chi connectivity index (χ1n) is 8.41. The number of nitrogens with zero attached hydrogens (tertiary/aromatic N) is 2. The molecule has 0 aliphatic carbocycles. The Hall–Kier alpha value is -2.60. The van der Waals surface area contributed by atoms with Crippen LogP contribution in [0.5, 0.6) is 0 Å². The highest BCUT2D eigenvalue weighted by Gasteiger charge is 2.26. The number of carbonyl (C=O) groups excluding carboxylic acids is 1. The van der Waals surface area contributed by atoms with E-state index in [2.05, 4.69) is 37.9 Å². The number of rotatable bonds is 4. The lowest BCUT2D eigenvalue weighted by Crippen LogP contribution is -2.37. The SMILES string of the molecule is Cc1ccccc1C(=O)N[C@@H]1CCN(c2cc(-c3cccs3)[nH]n2)C1. The van der Waals surface area contributed by atoms with E-state index >= 15 is 0 Å². The number of hydrogen-bond acceptors (Lipinski definition) is 4. The zero-order valence-electron chi connectivity index (χ0n) is 14.0. The van der Waals surface area contributed by atoms with Gasteiger partial charge >= 0.3 is 0 Å². The second-order valence-electron chi connectivity index (χ2n) is 6.34. The van der Waals surface area contributed by atoms with Crippen molar-refractivity contribution in [2.24, 2.45) is 0 Å². The number of anilines is 1. The number of H-pyrrole nitrogens is 1. The summed E-state index contributed by atoms with van der Waals surface area (Å²) in [6, 6.07) is 14.0. The lowest BCUT2D eigenvalue weighted by molar-refractivity contribution is 0.0940. The molecule has 4 rings (SSSR count). The van der Waals surface area contributed by atoms with Gasteiger partial charge in [-0.2, -0.15) is 5.10 Å². The molecule has 5 nitrogen and oxygen atoms in total. The summed E-state index contributed by atoms with van der Waals surface area (Å²) in [5, 5.41) is 12.8. The van der Waals surface area contributed by atoms with E-state index in [-0.39, 0.29) is 11.9 Å². The number of benzene rings is 1. The molecule has 6 heteroatoms. The predicted molar refractivity (Wildman–Crippen MR) is 101 cm³/mol. The van der Waals surface area contributed by atoms with Crippen LogP contribution in [0.25, 0.3) is 10.6 Å². The summed E-state index contributed by atoms with van der Waals surface area (Å²) in [5.41, 5.74) is 2.79. The molecular formula is C19H20N4OS. The van der Waals surface area contributed by atoms with Gasteiger partial charge in [-0.25, -0.2) is 0 Å². The Morgan fingerprint density at radius 3 is 3.00 bits per heavy atom. The molecular weight excluding hydrogens is 332 g/mol. The van der Waals surface area contributed by atoms with E-state index in [1.54, 1.807) is 11.3 Å². The number of aromatic nitrogens is 2. The molecule has 3 heterocycles. The summed E-state index contributed by atoms with van der Waals surface area (Å²) in [5.74, 6) is 0.947. The van der Waals surface area contributed by atoms with Crippen molar-refractivity contribution in [3.63, 3.8) is 0 Å². The Morgan fingerprint density at radius 2 is 2.20 bits per heavy atom. The quantitative estimate of drug-likeness (QED) is 0.756. The highest BCUT2D eigenvalue weighted by Crippen LogP contribution is 2.27. The van der Waals surface area contributed by atoms with Crippen LogP contribution in [0.1, 0.15) is 22.3 Å². The largest absolute Gasteiger partial charge is 0.353 e. The first kappa shape index (κ1) is 15.9. The van der Waals surface area contributed by atoms with Crippen LogP contribution < -0.4 is 10.2 Å². The van der Waals surface area contributed by atoms with Crippen LogP contribution in [0.3, 0.4) is 0 Å². The van der Waals surface area contributed by atoms with Gasteiger partial charge in [0.05, 0.1) is 10.6 Å². The van der Waals surface area contributed by atoms with Crippen molar-refractivity contribution in [2.45, 2.75) is 19.4 Å². The van der Waals surface area contributed by atoms with Gasteiger partial charge in [0, 0.05) is 30.8 Å². The van der Waals surface area contributed by atoms with Gasteiger partial charge in [-0.05, 0) is 36.4 Å². The zero-order valence-corrected chi connectivity index (χ0v) is 14.8. The van der Waals surface area contributed by atoms with Gasteiger partial charge in [-0.1, -0.05) is 24.3 Å². The Bertz CT molecular complexity index is 871. The first-order chi connectivity index (χ1) is 12.2. The highest BCUT2D eigenvalue weighted by atomic mass is 32.1. The molecule has 1 amide bonds. The summed E-state index contributed by atoms with van der Waals surface area (Å²) in [7, 11) is 0.